The first-order chi connectivity index (χ1) is 11.2. The molecular formula is C14H11ClF3N3O3. The molecule has 2 N–H and O–H groups in total. The summed E-state index contributed by atoms with van der Waals surface area (Å²) in [5, 5.41) is 8.32. The fraction of sp³-hybridized carbons (Fsp3) is 0.286. The maximum Gasteiger partial charge on any atom is 0.417 e. The number of benzene rings is 1. The fourth-order valence-electron chi connectivity index (χ4n) is 2.48. The van der Waals surface area contributed by atoms with Crippen LogP contribution in [0.5, 0.6) is 6.01 Å². The molecule has 0 saturated carbocycles. The number of anilines is 1. The number of aromatic nitrogens is 2. The van der Waals surface area contributed by atoms with E-state index in [0.29, 0.717) is 17.1 Å². The molecule has 0 unspecified atom stereocenters. The van der Waals surface area contributed by atoms with Crippen LogP contribution in [0.3, 0.4) is 0 Å². The number of nitrogens with zero attached hydrogens (tertiary/aromatic N) is 2. The quantitative estimate of drug-likeness (QED) is 0.873. The van der Waals surface area contributed by atoms with Crippen LogP contribution in [0.1, 0.15) is 23.4 Å². The largest absolute Gasteiger partial charge is 0.481 e. The average Bonchev–Trinajstić information content (AvgIpc) is 2.80. The SMILES string of the molecule is Cc1c(CCC(=O)O)nc2n1-c1cc(Cl)c(C(F)(F)F)cc1NO2. The van der Waals surface area contributed by atoms with E-state index in [9.17, 15) is 18.0 Å². The maximum atomic E-state index is 12.9. The molecule has 0 atom stereocenters. The topological polar surface area (TPSA) is 76.4 Å². The van der Waals surface area contributed by atoms with Crippen molar-refractivity contribution >= 4 is 23.3 Å². The van der Waals surface area contributed by atoms with Crippen LogP contribution in [-0.4, -0.2) is 20.6 Å². The van der Waals surface area contributed by atoms with Gasteiger partial charge in [-0.2, -0.15) is 18.2 Å². The summed E-state index contributed by atoms with van der Waals surface area (Å²) in [7, 11) is 0. The monoisotopic (exact) mass is 361 g/mol. The number of aryl methyl sites for hydroxylation is 1. The number of rotatable bonds is 3. The first kappa shape index (κ1) is 16.4. The lowest BCUT2D eigenvalue weighted by molar-refractivity contribution is -0.138. The molecule has 0 bridgehead atoms. The Morgan fingerprint density at radius 3 is 2.79 bits per heavy atom. The Hall–Kier alpha value is -2.42. The van der Waals surface area contributed by atoms with Gasteiger partial charge in [-0.3, -0.25) is 9.36 Å². The van der Waals surface area contributed by atoms with Crippen molar-refractivity contribution in [3.05, 3.63) is 34.1 Å². The highest BCUT2D eigenvalue weighted by atomic mass is 35.5. The van der Waals surface area contributed by atoms with Gasteiger partial charge in [0.1, 0.15) is 0 Å². The van der Waals surface area contributed by atoms with Gasteiger partial charge >= 0.3 is 18.2 Å². The Labute approximate surface area is 138 Å². The molecule has 1 aliphatic heterocycles. The van der Waals surface area contributed by atoms with Crippen LogP contribution < -0.4 is 10.3 Å². The van der Waals surface area contributed by atoms with Gasteiger partial charge in [0.05, 0.1) is 34.1 Å². The fourth-order valence-corrected chi connectivity index (χ4v) is 2.75. The predicted octanol–water partition coefficient (Wildman–Crippen LogP) is 3.59. The van der Waals surface area contributed by atoms with Crippen molar-refractivity contribution in [2.24, 2.45) is 0 Å². The molecule has 1 aromatic heterocycles. The van der Waals surface area contributed by atoms with E-state index in [-0.39, 0.29) is 24.5 Å². The molecule has 2 heterocycles. The number of fused-ring (bicyclic) bond motifs is 3. The molecule has 0 radical (unpaired) electrons. The number of aliphatic carboxylic acids is 1. The van der Waals surface area contributed by atoms with Crippen LogP contribution in [0.25, 0.3) is 5.69 Å². The van der Waals surface area contributed by atoms with Gasteiger partial charge in [0.15, 0.2) is 0 Å². The van der Waals surface area contributed by atoms with Crippen LogP contribution in [0.4, 0.5) is 18.9 Å². The van der Waals surface area contributed by atoms with E-state index in [0.717, 1.165) is 6.07 Å². The number of imidazole rings is 1. The molecule has 24 heavy (non-hydrogen) atoms. The number of carboxylic acids is 1. The van der Waals surface area contributed by atoms with Crippen molar-refractivity contribution < 1.29 is 27.9 Å². The van der Waals surface area contributed by atoms with Crippen molar-refractivity contribution in [1.29, 1.82) is 0 Å². The summed E-state index contributed by atoms with van der Waals surface area (Å²) < 4.78 is 40.3. The molecule has 2 aromatic rings. The molecule has 0 aliphatic carbocycles. The van der Waals surface area contributed by atoms with Crippen molar-refractivity contribution in [3.8, 4) is 11.7 Å². The van der Waals surface area contributed by atoms with Crippen LogP contribution in [-0.2, 0) is 17.4 Å². The van der Waals surface area contributed by atoms with Crippen LogP contribution >= 0.6 is 11.6 Å². The van der Waals surface area contributed by atoms with Crippen molar-refractivity contribution in [2.75, 3.05) is 5.48 Å². The highest BCUT2D eigenvalue weighted by Crippen LogP contribution is 2.41. The third-order valence-electron chi connectivity index (χ3n) is 3.63. The van der Waals surface area contributed by atoms with E-state index < -0.39 is 22.7 Å². The number of halogens is 4. The Balaban J connectivity index is 2.08. The second-order valence-corrected chi connectivity index (χ2v) is 5.61. The van der Waals surface area contributed by atoms with Crippen LogP contribution in [0, 0.1) is 6.92 Å². The van der Waals surface area contributed by atoms with Crippen molar-refractivity contribution in [2.45, 2.75) is 25.9 Å². The van der Waals surface area contributed by atoms with Crippen LogP contribution in [0.2, 0.25) is 5.02 Å². The summed E-state index contributed by atoms with van der Waals surface area (Å²) >= 11 is 5.77. The molecule has 1 aromatic carbocycles. The summed E-state index contributed by atoms with van der Waals surface area (Å²) in [5.74, 6) is -0.974. The van der Waals surface area contributed by atoms with E-state index in [1.807, 2.05) is 0 Å². The minimum Gasteiger partial charge on any atom is -0.481 e. The lowest BCUT2D eigenvalue weighted by Gasteiger charge is -2.22. The summed E-state index contributed by atoms with van der Waals surface area (Å²) in [5.41, 5.74) is 2.92. The molecule has 6 nitrogen and oxygen atoms in total. The zero-order chi connectivity index (χ0) is 17.6. The number of carboxylic acid groups (broad SMARTS) is 1. The average molecular weight is 362 g/mol. The van der Waals surface area contributed by atoms with Gasteiger partial charge in [0.25, 0.3) is 0 Å². The van der Waals surface area contributed by atoms with Gasteiger partial charge in [-0.15, -0.1) is 0 Å². The molecular weight excluding hydrogens is 351 g/mol. The van der Waals surface area contributed by atoms with Gasteiger partial charge < -0.3 is 9.94 Å². The third-order valence-corrected chi connectivity index (χ3v) is 3.95. The Morgan fingerprint density at radius 1 is 1.46 bits per heavy atom. The van der Waals surface area contributed by atoms with E-state index in [2.05, 4.69) is 10.5 Å². The Morgan fingerprint density at radius 2 is 2.17 bits per heavy atom. The zero-order valence-corrected chi connectivity index (χ0v) is 13.0. The smallest absolute Gasteiger partial charge is 0.417 e. The number of nitrogens with one attached hydrogen (secondary N) is 1. The number of carbonyl (C=O) groups is 1. The summed E-state index contributed by atoms with van der Waals surface area (Å²) in [6.07, 6.45) is -4.54. The number of alkyl halides is 3. The standard InChI is InChI=1S/C14H11ClF3N3O3/c1-6-9(2-3-12(22)23)19-13-21(6)11-5-8(15)7(14(16,17)18)4-10(11)20-24-13/h4-5,20H,2-3H2,1H3,(H,22,23). The molecule has 0 saturated heterocycles. The van der Waals surface area contributed by atoms with Gasteiger partial charge in [-0.05, 0) is 19.1 Å². The first-order valence-corrected chi connectivity index (χ1v) is 7.20. The molecule has 3 rings (SSSR count). The summed E-state index contributed by atoms with van der Waals surface area (Å²) in [4.78, 5) is 20.0. The number of hydrogen-bond acceptors (Lipinski definition) is 4. The molecule has 0 spiro atoms. The minimum atomic E-state index is -4.59. The summed E-state index contributed by atoms with van der Waals surface area (Å²) in [6, 6.07) is 2.14. The normalized spacial score (nSPS) is 12.9. The second-order valence-electron chi connectivity index (χ2n) is 5.21. The van der Waals surface area contributed by atoms with Gasteiger partial charge in [-0.25, -0.2) is 5.48 Å². The molecule has 0 fully saturated rings. The van der Waals surface area contributed by atoms with E-state index in [1.165, 1.54) is 10.6 Å². The third kappa shape index (κ3) is 2.75. The Kier molecular flexibility index (Phi) is 3.83. The van der Waals surface area contributed by atoms with E-state index in [1.54, 1.807) is 6.92 Å². The number of hydrogen-bond donors (Lipinski definition) is 2. The van der Waals surface area contributed by atoms with Crippen molar-refractivity contribution in [3.63, 3.8) is 0 Å². The highest BCUT2D eigenvalue weighted by molar-refractivity contribution is 6.31. The minimum absolute atomic E-state index is 0.0875. The lowest BCUT2D eigenvalue weighted by Crippen LogP contribution is -2.19. The van der Waals surface area contributed by atoms with Gasteiger partial charge in [0.2, 0.25) is 0 Å². The molecule has 1 aliphatic rings. The lowest BCUT2D eigenvalue weighted by atomic mass is 10.1. The van der Waals surface area contributed by atoms with E-state index in [4.69, 9.17) is 21.5 Å². The predicted molar refractivity (Wildman–Crippen MR) is 78.5 cm³/mol. The van der Waals surface area contributed by atoms with Gasteiger partial charge in [0, 0.05) is 12.1 Å². The Bertz CT molecular complexity index is 833. The van der Waals surface area contributed by atoms with Gasteiger partial charge in [-0.1, -0.05) is 11.6 Å². The molecule has 0 amide bonds. The highest BCUT2D eigenvalue weighted by Gasteiger charge is 2.35. The van der Waals surface area contributed by atoms with E-state index >= 15 is 0 Å². The zero-order valence-electron chi connectivity index (χ0n) is 12.2. The first-order valence-electron chi connectivity index (χ1n) is 6.82. The molecule has 128 valence electrons. The second kappa shape index (κ2) is 5.59. The maximum absolute atomic E-state index is 12.9. The van der Waals surface area contributed by atoms with Crippen LogP contribution in [0.15, 0.2) is 12.1 Å². The van der Waals surface area contributed by atoms with Crippen molar-refractivity contribution in [1.82, 2.24) is 9.55 Å². The summed E-state index contributed by atoms with van der Waals surface area (Å²) in [6.45, 7) is 1.68. The molecule has 10 heteroatoms.